The van der Waals surface area contributed by atoms with Gasteiger partial charge in [-0.2, -0.15) is 0 Å². The molecule has 1 heteroatoms. The van der Waals surface area contributed by atoms with E-state index in [0.717, 1.165) is 10.7 Å². The molecule has 0 aromatic rings. The maximum absolute atomic E-state index is 3.62. The van der Waals surface area contributed by atoms with Gasteiger partial charge in [0.15, 0.2) is 0 Å². The number of unbranched alkanes of at least 4 members (excludes halogenated alkanes) is 3. The molecule has 0 unspecified atom stereocenters. The van der Waals surface area contributed by atoms with Crippen molar-refractivity contribution in [3.63, 3.8) is 0 Å². The van der Waals surface area contributed by atoms with Crippen molar-refractivity contribution < 1.29 is 0 Å². The minimum absolute atomic E-state index is 0.883. The summed E-state index contributed by atoms with van der Waals surface area (Å²) in [7, 11) is 0. The zero-order chi connectivity index (χ0) is 7.40. The SMILES string of the molecule is CCCCCC[C@H]1C[C@@H]1Br. The van der Waals surface area contributed by atoms with Gasteiger partial charge in [-0.25, -0.2) is 0 Å². The fraction of sp³-hybridized carbons (Fsp3) is 1.00. The van der Waals surface area contributed by atoms with Gasteiger partial charge in [0, 0.05) is 4.83 Å². The van der Waals surface area contributed by atoms with Crippen molar-refractivity contribution in [3.8, 4) is 0 Å². The van der Waals surface area contributed by atoms with Gasteiger partial charge in [0.1, 0.15) is 0 Å². The van der Waals surface area contributed by atoms with Gasteiger partial charge in [-0.1, -0.05) is 48.5 Å². The van der Waals surface area contributed by atoms with Crippen LogP contribution in [0.3, 0.4) is 0 Å². The Bertz CT molecular complexity index is 90.7. The van der Waals surface area contributed by atoms with Crippen LogP contribution in [0.2, 0.25) is 0 Å². The Morgan fingerprint density at radius 2 is 2.00 bits per heavy atom. The highest BCUT2D eigenvalue weighted by molar-refractivity contribution is 9.09. The maximum Gasteiger partial charge on any atom is 0.0177 e. The van der Waals surface area contributed by atoms with E-state index in [2.05, 4.69) is 22.9 Å². The number of hydrogen-bond acceptors (Lipinski definition) is 0. The predicted octanol–water partition coefficient (Wildman–Crippen LogP) is 3.74. The van der Waals surface area contributed by atoms with Crippen LogP contribution < -0.4 is 0 Å². The Kier molecular flexibility index (Phi) is 3.75. The zero-order valence-electron chi connectivity index (χ0n) is 6.78. The summed E-state index contributed by atoms with van der Waals surface area (Å²) in [4.78, 5) is 0.883. The molecule has 0 saturated heterocycles. The third kappa shape index (κ3) is 3.05. The second kappa shape index (κ2) is 4.38. The smallest absolute Gasteiger partial charge is 0.0177 e. The summed E-state index contributed by atoms with van der Waals surface area (Å²) in [5.41, 5.74) is 0. The molecule has 0 nitrogen and oxygen atoms in total. The van der Waals surface area contributed by atoms with Crippen molar-refractivity contribution in [2.24, 2.45) is 5.92 Å². The van der Waals surface area contributed by atoms with Crippen molar-refractivity contribution >= 4 is 15.9 Å². The molecule has 0 amide bonds. The molecule has 1 fully saturated rings. The fourth-order valence-corrected chi connectivity index (χ4v) is 2.09. The third-order valence-corrected chi connectivity index (χ3v) is 3.39. The minimum atomic E-state index is 0.883. The van der Waals surface area contributed by atoms with Crippen molar-refractivity contribution in [1.82, 2.24) is 0 Å². The molecule has 0 heterocycles. The molecule has 0 aromatic heterocycles. The summed E-state index contributed by atoms with van der Waals surface area (Å²) in [6.45, 7) is 2.27. The van der Waals surface area contributed by atoms with E-state index in [-0.39, 0.29) is 0 Å². The minimum Gasteiger partial charge on any atom is -0.0888 e. The van der Waals surface area contributed by atoms with Crippen LogP contribution in [0, 0.1) is 5.92 Å². The Balaban J connectivity index is 1.78. The van der Waals surface area contributed by atoms with E-state index < -0.39 is 0 Å². The first-order valence-corrected chi connectivity index (χ1v) is 5.40. The second-order valence-corrected chi connectivity index (χ2v) is 4.54. The molecule has 2 atom stereocenters. The average Bonchev–Trinajstić information content (AvgIpc) is 2.60. The first kappa shape index (κ1) is 8.58. The Labute approximate surface area is 72.5 Å². The number of alkyl halides is 1. The lowest BCUT2D eigenvalue weighted by molar-refractivity contribution is 0.599. The summed E-state index contributed by atoms with van der Waals surface area (Å²) in [6, 6.07) is 0. The molecular formula is C9H17Br. The molecule has 1 rings (SSSR count). The summed E-state index contributed by atoms with van der Waals surface area (Å²) in [5.74, 6) is 1.04. The quantitative estimate of drug-likeness (QED) is 0.473. The van der Waals surface area contributed by atoms with Gasteiger partial charge in [0.25, 0.3) is 0 Å². The van der Waals surface area contributed by atoms with Gasteiger partial charge in [0.2, 0.25) is 0 Å². The van der Waals surface area contributed by atoms with Crippen molar-refractivity contribution in [3.05, 3.63) is 0 Å². The molecule has 60 valence electrons. The lowest BCUT2D eigenvalue weighted by atomic mass is 10.1. The summed E-state index contributed by atoms with van der Waals surface area (Å²) < 4.78 is 0. The first-order chi connectivity index (χ1) is 4.84. The molecule has 0 aromatic carbocycles. The molecule has 1 aliphatic rings. The summed E-state index contributed by atoms with van der Waals surface area (Å²) >= 11 is 3.62. The molecule has 0 bridgehead atoms. The van der Waals surface area contributed by atoms with E-state index >= 15 is 0 Å². The fourth-order valence-electron chi connectivity index (χ4n) is 1.34. The van der Waals surface area contributed by atoms with E-state index in [1.807, 2.05) is 0 Å². The largest absolute Gasteiger partial charge is 0.0888 e. The highest BCUT2D eigenvalue weighted by Gasteiger charge is 2.33. The van der Waals surface area contributed by atoms with E-state index in [0.29, 0.717) is 0 Å². The van der Waals surface area contributed by atoms with Crippen molar-refractivity contribution in [2.45, 2.75) is 50.3 Å². The van der Waals surface area contributed by atoms with Crippen molar-refractivity contribution in [2.75, 3.05) is 0 Å². The third-order valence-electron chi connectivity index (χ3n) is 2.26. The summed E-state index contributed by atoms with van der Waals surface area (Å²) in [5, 5.41) is 0. The maximum atomic E-state index is 3.62. The Morgan fingerprint density at radius 1 is 1.30 bits per heavy atom. The molecule has 0 radical (unpaired) electrons. The molecule has 0 N–H and O–H groups in total. The van der Waals surface area contributed by atoms with E-state index in [1.165, 1.54) is 38.5 Å². The normalized spacial score (nSPS) is 30.6. The molecule has 1 saturated carbocycles. The Hall–Kier alpha value is 0.480. The van der Waals surface area contributed by atoms with Crippen LogP contribution in [0.25, 0.3) is 0 Å². The van der Waals surface area contributed by atoms with Crippen LogP contribution in [0.4, 0.5) is 0 Å². The monoisotopic (exact) mass is 204 g/mol. The zero-order valence-corrected chi connectivity index (χ0v) is 8.36. The van der Waals surface area contributed by atoms with Crippen LogP contribution in [0.15, 0.2) is 0 Å². The van der Waals surface area contributed by atoms with Gasteiger partial charge < -0.3 is 0 Å². The lowest BCUT2D eigenvalue weighted by Crippen LogP contribution is -1.81. The average molecular weight is 205 g/mol. The molecular weight excluding hydrogens is 188 g/mol. The number of rotatable bonds is 5. The number of halogens is 1. The number of hydrogen-bond donors (Lipinski definition) is 0. The van der Waals surface area contributed by atoms with Crippen LogP contribution in [0.1, 0.15) is 45.4 Å². The second-order valence-electron chi connectivity index (χ2n) is 3.36. The predicted molar refractivity (Wildman–Crippen MR) is 49.6 cm³/mol. The van der Waals surface area contributed by atoms with Gasteiger partial charge in [-0.05, 0) is 18.8 Å². The van der Waals surface area contributed by atoms with Gasteiger partial charge in [0.05, 0.1) is 0 Å². The molecule has 0 spiro atoms. The Morgan fingerprint density at radius 3 is 2.50 bits per heavy atom. The van der Waals surface area contributed by atoms with Crippen LogP contribution in [0.5, 0.6) is 0 Å². The van der Waals surface area contributed by atoms with E-state index in [4.69, 9.17) is 0 Å². The molecule has 0 aliphatic heterocycles. The molecule has 1 aliphatic carbocycles. The highest BCUT2D eigenvalue weighted by Crippen LogP contribution is 2.41. The molecule has 10 heavy (non-hydrogen) atoms. The van der Waals surface area contributed by atoms with E-state index in [9.17, 15) is 0 Å². The highest BCUT2D eigenvalue weighted by atomic mass is 79.9. The van der Waals surface area contributed by atoms with Crippen molar-refractivity contribution in [1.29, 1.82) is 0 Å². The lowest BCUT2D eigenvalue weighted by Gasteiger charge is -1.96. The van der Waals surface area contributed by atoms with Gasteiger partial charge in [-0.3, -0.25) is 0 Å². The topological polar surface area (TPSA) is 0 Å². The van der Waals surface area contributed by atoms with E-state index in [1.54, 1.807) is 0 Å². The van der Waals surface area contributed by atoms with Crippen LogP contribution in [-0.4, -0.2) is 4.83 Å². The standard InChI is InChI=1S/C9H17Br/c1-2-3-4-5-6-8-7-9(8)10/h8-9H,2-7H2,1H3/t8-,9-/m0/s1. The van der Waals surface area contributed by atoms with Crippen LogP contribution in [-0.2, 0) is 0 Å². The van der Waals surface area contributed by atoms with Gasteiger partial charge in [-0.15, -0.1) is 0 Å². The first-order valence-electron chi connectivity index (χ1n) is 4.48. The summed E-state index contributed by atoms with van der Waals surface area (Å²) in [6.07, 6.45) is 8.61. The van der Waals surface area contributed by atoms with Gasteiger partial charge >= 0.3 is 0 Å². The van der Waals surface area contributed by atoms with Crippen LogP contribution >= 0.6 is 15.9 Å².